The Hall–Kier alpha value is -2.28. The Kier molecular flexibility index (Phi) is 5.56. The quantitative estimate of drug-likeness (QED) is 0.357. The van der Waals surface area contributed by atoms with Gasteiger partial charge in [0.15, 0.2) is 28.2 Å². The predicted molar refractivity (Wildman–Crippen MR) is 83.5 cm³/mol. The maximum Gasteiger partial charge on any atom is 0.409 e. The SMILES string of the molecule is O=S(=O)(c1c(F)c(F)c(F)c(F)c1F)N(C1CC1)C(c1ccc(F)cc1)C(F)(F)F. The first-order valence-electron chi connectivity index (χ1n) is 8.15. The molecule has 1 saturated carbocycles. The second kappa shape index (κ2) is 7.45. The van der Waals surface area contributed by atoms with Crippen LogP contribution in [0.25, 0.3) is 0 Å². The van der Waals surface area contributed by atoms with Crippen molar-refractivity contribution in [3.8, 4) is 0 Å². The van der Waals surface area contributed by atoms with Crippen LogP contribution in [0.1, 0.15) is 24.4 Å². The summed E-state index contributed by atoms with van der Waals surface area (Å²) in [4.78, 5) is -2.39. The first kappa shape index (κ1) is 22.4. The number of hydrogen-bond acceptors (Lipinski definition) is 2. The summed E-state index contributed by atoms with van der Waals surface area (Å²) >= 11 is 0. The van der Waals surface area contributed by atoms with Crippen LogP contribution in [0, 0.1) is 34.9 Å². The monoisotopic (exact) mass is 463 g/mol. The lowest BCUT2D eigenvalue weighted by molar-refractivity contribution is -0.174. The van der Waals surface area contributed by atoms with Gasteiger partial charge in [0.05, 0.1) is 0 Å². The molecule has 0 amide bonds. The molecule has 164 valence electrons. The van der Waals surface area contributed by atoms with Crippen molar-refractivity contribution in [1.29, 1.82) is 0 Å². The minimum atomic E-state index is -5.88. The topological polar surface area (TPSA) is 37.4 Å². The van der Waals surface area contributed by atoms with Gasteiger partial charge in [-0.05, 0) is 30.5 Å². The zero-order valence-corrected chi connectivity index (χ0v) is 15.3. The van der Waals surface area contributed by atoms with Gasteiger partial charge in [0.1, 0.15) is 11.9 Å². The van der Waals surface area contributed by atoms with Crippen molar-refractivity contribution in [2.24, 2.45) is 0 Å². The molecule has 1 fully saturated rings. The number of rotatable bonds is 5. The van der Waals surface area contributed by atoms with Crippen LogP contribution >= 0.6 is 0 Å². The number of halogens is 9. The normalized spacial score (nSPS) is 16.2. The molecule has 1 atom stereocenters. The van der Waals surface area contributed by atoms with Crippen molar-refractivity contribution in [2.75, 3.05) is 0 Å². The van der Waals surface area contributed by atoms with Crippen LogP contribution in [0.5, 0.6) is 0 Å². The highest BCUT2D eigenvalue weighted by molar-refractivity contribution is 7.89. The smallest absolute Gasteiger partial charge is 0.207 e. The summed E-state index contributed by atoms with van der Waals surface area (Å²) in [5.41, 5.74) is -0.803. The van der Waals surface area contributed by atoms with E-state index in [-0.39, 0.29) is 17.1 Å². The molecule has 3 rings (SSSR count). The van der Waals surface area contributed by atoms with Crippen LogP contribution in [0.3, 0.4) is 0 Å². The molecule has 1 aliphatic rings. The van der Waals surface area contributed by atoms with Gasteiger partial charge in [0.2, 0.25) is 15.8 Å². The van der Waals surface area contributed by atoms with Crippen LogP contribution in [-0.2, 0) is 10.0 Å². The first-order valence-corrected chi connectivity index (χ1v) is 9.59. The third-order valence-corrected chi connectivity index (χ3v) is 6.30. The van der Waals surface area contributed by atoms with Gasteiger partial charge in [-0.1, -0.05) is 12.1 Å². The number of hydrogen-bond donors (Lipinski definition) is 0. The molecule has 0 saturated heterocycles. The van der Waals surface area contributed by atoms with Crippen LogP contribution in [0.4, 0.5) is 39.5 Å². The molecular formula is C17H10F9NO2S. The van der Waals surface area contributed by atoms with E-state index in [0.717, 1.165) is 0 Å². The van der Waals surface area contributed by atoms with E-state index in [4.69, 9.17) is 0 Å². The summed E-state index contributed by atoms with van der Waals surface area (Å²) in [7, 11) is -5.88. The second-order valence-corrected chi connectivity index (χ2v) is 8.24. The zero-order chi connectivity index (χ0) is 22.6. The van der Waals surface area contributed by atoms with E-state index in [2.05, 4.69) is 0 Å². The largest absolute Gasteiger partial charge is 0.409 e. The second-order valence-electron chi connectivity index (χ2n) is 6.46. The van der Waals surface area contributed by atoms with Gasteiger partial charge in [-0.2, -0.15) is 17.5 Å². The van der Waals surface area contributed by atoms with Crippen LogP contribution in [0.15, 0.2) is 29.2 Å². The zero-order valence-electron chi connectivity index (χ0n) is 14.5. The van der Waals surface area contributed by atoms with E-state index in [1.165, 1.54) is 0 Å². The standard InChI is InChI=1S/C17H10F9NO2S/c18-8-3-1-7(2-4-8)16(17(24,25)26)27(9-5-6-9)30(28,29)15-13(22)11(20)10(19)12(21)14(15)23/h1-4,9,16H,5-6H2. The van der Waals surface area contributed by atoms with Gasteiger partial charge < -0.3 is 0 Å². The molecule has 2 aromatic rings. The summed E-state index contributed by atoms with van der Waals surface area (Å²) < 4.78 is 148. The Morgan fingerprint density at radius 2 is 1.23 bits per heavy atom. The maximum absolute atomic E-state index is 14.1. The molecular weight excluding hydrogens is 453 g/mol. The molecule has 0 N–H and O–H groups in total. The summed E-state index contributed by atoms with van der Waals surface area (Å²) in [6.45, 7) is 0. The average Bonchev–Trinajstić information content (AvgIpc) is 3.47. The fourth-order valence-corrected chi connectivity index (χ4v) is 4.88. The lowest BCUT2D eigenvalue weighted by atomic mass is 10.1. The molecule has 0 spiro atoms. The van der Waals surface area contributed by atoms with Crippen molar-refractivity contribution >= 4 is 10.0 Å². The van der Waals surface area contributed by atoms with E-state index in [1.54, 1.807) is 0 Å². The highest BCUT2D eigenvalue weighted by Crippen LogP contribution is 2.47. The summed E-state index contributed by atoms with van der Waals surface area (Å²) in [5.74, 6) is -14.4. The first-order chi connectivity index (χ1) is 13.8. The molecule has 1 aliphatic carbocycles. The van der Waals surface area contributed by atoms with E-state index in [9.17, 15) is 47.9 Å². The molecule has 0 radical (unpaired) electrons. The van der Waals surface area contributed by atoms with Gasteiger partial charge in [-0.25, -0.2) is 34.8 Å². The summed E-state index contributed by atoms with van der Waals surface area (Å²) in [5, 5.41) is 0. The number of alkyl halides is 3. The van der Waals surface area contributed by atoms with Crippen LogP contribution in [-0.4, -0.2) is 24.9 Å². The molecule has 0 aliphatic heterocycles. The van der Waals surface area contributed by atoms with Gasteiger partial charge in [-0.15, -0.1) is 0 Å². The van der Waals surface area contributed by atoms with E-state index < -0.39 is 73.6 Å². The lowest BCUT2D eigenvalue weighted by Gasteiger charge is -2.33. The van der Waals surface area contributed by atoms with E-state index >= 15 is 0 Å². The number of nitrogens with zero attached hydrogens (tertiary/aromatic N) is 1. The van der Waals surface area contributed by atoms with Crippen molar-refractivity contribution < 1.29 is 47.9 Å². The lowest BCUT2D eigenvalue weighted by Crippen LogP contribution is -2.44. The molecule has 3 nitrogen and oxygen atoms in total. The highest BCUT2D eigenvalue weighted by Gasteiger charge is 2.55. The Balaban J connectivity index is 2.27. The van der Waals surface area contributed by atoms with Crippen molar-refractivity contribution in [2.45, 2.75) is 36.0 Å². The molecule has 0 heterocycles. The molecule has 13 heteroatoms. The Morgan fingerprint density at radius 1 is 0.800 bits per heavy atom. The number of benzene rings is 2. The minimum absolute atomic E-state index is 0.150. The van der Waals surface area contributed by atoms with E-state index in [1.807, 2.05) is 0 Å². The van der Waals surface area contributed by atoms with Crippen molar-refractivity contribution in [3.05, 3.63) is 64.7 Å². The molecule has 0 aromatic heterocycles. The average molecular weight is 463 g/mol. The fourth-order valence-electron chi connectivity index (χ4n) is 2.92. The van der Waals surface area contributed by atoms with Crippen LogP contribution in [0.2, 0.25) is 0 Å². The number of sulfonamides is 1. The Labute approximate surface area is 163 Å². The third-order valence-electron chi connectivity index (χ3n) is 4.36. The fraction of sp³-hybridized carbons (Fsp3) is 0.294. The third kappa shape index (κ3) is 3.75. The molecule has 1 unspecified atom stereocenters. The van der Waals surface area contributed by atoms with E-state index in [0.29, 0.717) is 24.3 Å². The summed E-state index contributed by atoms with van der Waals surface area (Å²) in [6.07, 6.45) is -5.66. The van der Waals surface area contributed by atoms with Gasteiger partial charge in [-0.3, -0.25) is 0 Å². The molecule has 0 bridgehead atoms. The highest BCUT2D eigenvalue weighted by atomic mass is 32.2. The Morgan fingerprint density at radius 3 is 1.63 bits per heavy atom. The predicted octanol–water partition coefficient (Wildman–Crippen LogP) is 4.98. The minimum Gasteiger partial charge on any atom is -0.207 e. The summed E-state index contributed by atoms with van der Waals surface area (Å²) in [6, 6.07) is -2.05. The van der Waals surface area contributed by atoms with Gasteiger partial charge >= 0.3 is 6.18 Å². The maximum atomic E-state index is 14.1. The van der Waals surface area contributed by atoms with Gasteiger partial charge in [0, 0.05) is 6.04 Å². The Bertz CT molecular complexity index is 1050. The van der Waals surface area contributed by atoms with Crippen molar-refractivity contribution in [3.63, 3.8) is 0 Å². The van der Waals surface area contributed by atoms with Crippen LogP contribution < -0.4 is 0 Å². The van der Waals surface area contributed by atoms with Crippen molar-refractivity contribution in [1.82, 2.24) is 4.31 Å². The molecule has 2 aromatic carbocycles. The van der Waals surface area contributed by atoms with Gasteiger partial charge in [0.25, 0.3) is 0 Å². The molecule has 30 heavy (non-hydrogen) atoms.